The Bertz CT molecular complexity index is 1200. The summed E-state index contributed by atoms with van der Waals surface area (Å²) in [6.45, 7) is 7.73. The van der Waals surface area contributed by atoms with Crippen LogP contribution in [0.3, 0.4) is 0 Å². The third-order valence-corrected chi connectivity index (χ3v) is 6.87. The summed E-state index contributed by atoms with van der Waals surface area (Å²) in [6.07, 6.45) is 3.42. The van der Waals surface area contributed by atoms with E-state index in [0.717, 1.165) is 35.5 Å². The summed E-state index contributed by atoms with van der Waals surface area (Å²) in [5.41, 5.74) is 5.82. The number of carbonyl (C=O) groups excluding carboxylic acids is 1. The summed E-state index contributed by atoms with van der Waals surface area (Å²) in [5.74, 6) is 0.657. The van der Waals surface area contributed by atoms with Gasteiger partial charge in [0.1, 0.15) is 5.82 Å². The fourth-order valence-corrected chi connectivity index (χ4v) is 4.87. The Hall–Kier alpha value is -3.22. The topological polar surface area (TPSA) is 83.9 Å². The van der Waals surface area contributed by atoms with Crippen molar-refractivity contribution in [3.8, 4) is 11.4 Å². The molecule has 7 heteroatoms. The number of hydrogen-bond acceptors (Lipinski definition) is 4. The van der Waals surface area contributed by atoms with Crippen LogP contribution in [0.1, 0.15) is 48.0 Å². The van der Waals surface area contributed by atoms with E-state index in [-0.39, 0.29) is 17.4 Å². The Morgan fingerprint density at radius 3 is 2.61 bits per heavy atom. The van der Waals surface area contributed by atoms with Crippen LogP contribution in [0.15, 0.2) is 35.1 Å². The van der Waals surface area contributed by atoms with Gasteiger partial charge in [-0.05, 0) is 58.4 Å². The number of nitrogens with zero attached hydrogens (tertiary/aromatic N) is 4. The van der Waals surface area contributed by atoms with Crippen LogP contribution in [-0.2, 0) is 30.6 Å². The van der Waals surface area contributed by atoms with Crippen molar-refractivity contribution in [3.05, 3.63) is 68.9 Å². The first kappa shape index (κ1) is 23.0. The standard InChI is InChI=1S/C26H33N5O2/c1-5-31-18(3)21(17(2)29-31)15-16-30(4)26(33)20-11-13-22-23(14-12-20)27-24(28-25(22)32)19-9-7-6-8-10-19/h6-10,20H,5,11-16H2,1-4H3,(H,27,28,32). The van der Waals surface area contributed by atoms with Gasteiger partial charge in [0, 0.05) is 42.9 Å². The second-order valence-corrected chi connectivity index (χ2v) is 8.96. The SMILES string of the molecule is CCn1nc(C)c(CCN(C)C(=O)C2CCc3nc(-c4ccccc4)[nH]c(=O)c3CC2)c1C. The van der Waals surface area contributed by atoms with Crippen LogP contribution in [0, 0.1) is 19.8 Å². The number of hydrogen-bond donors (Lipinski definition) is 1. The quantitative estimate of drug-likeness (QED) is 0.587. The maximum absolute atomic E-state index is 13.2. The molecule has 1 aliphatic carbocycles. The molecule has 1 aliphatic rings. The molecule has 1 amide bonds. The molecule has 1 aromatic carbocycles. The molecule has 0 spiro atoms. The molecule has 4 rings (SSSR count). The zero-order valence-corrected chi connectivity index (χ0v) is 20.0. The van der Waals surface area contributed by atoms with Gasteiger partial charge < -0.3 is 9.88 Å². The predicted molar refractivity (Wildman–Crippen MR) is 129 cm³/mol. The number of amides is 1. The van der Waals surface area contributed by atoms with Gasteiger partial charge in [0.05, 0.1) is 11.4 Å². The van der Waals surface area contributed by atoms with E-state index in [9.17, 15) is 9.59 Å². The fraction of sp³-hybridized carbons (Fsp3) is 0.462. The fourth-order valence-electron chi connectivity index (χ4n) is 4.87. The van der Waals surface area contributed by atoms with Crippen molar-refractivity contribution in [2.75, 3.05) is 13.6 Å². The molecule has 1 unspecified atom stereocenters. The Labute approximate surface area is 194 Å². The van der Waals surface area contributed by atoms with Crippen LogP contribution in [0.2, 0.25) is 0 Å². The van der Waals surface area contributed by atoms with E-state index in [0.29, 0.717) is 38.1 Å². The number of aromatic amines is 1. The second-order valence-electron chi connectivity index (χ2n) is 8.96. The molecular weight excluding hydrogens is 414 g/mol. The molecule has 0 fully saturated rings. The van der Waals surface area contributed by atoms with Crippen molar-refractivity contribution in [2.24, 2.45) is 5.92 Å². The molecule has 1 atom stereocenters. The molecule has 3 aromatic rings. The van der Waals surface area contributed by atoms with Gasteiger partial charge in [-0.3, -0.25) is 14.3 Å². The minimum atomic E-state index is -0.0932. The summed E-state index contributed by atoms with van der Waals surface area (Å²) in [4.78, 5) is 35.5. The van der Waals surface area contributed by atoms with E-state index in [1.165, 1.54) is 11.3 Å². The van der Waals surface area contributed by atoms with Crippen LogP contribution in [0.25, 0.3) is 11.4 Å². The lowest BCUT2D eigenvalue weighted by molar-refractivity contribution is -0.134. The normalized spacial score (nSPS) is 15.7. The molecule has 0 saturated heterocycles. The van der Waals surface area contributed by atoms with Gasteiger partial charge in [0.2, 0.25) is 5.91 Å². The minimum absolute atomic E-state index is 0.0841. The molecule has 7 nitrogen and oxygen atoms in total. The second kappa shape index (κ2) is 9.73. The highest BCUT2D eigenvalue weighted by molar-refractivity contribution is 5.78. The molecule has 0 saturated carbocycles. The number of aromatic nitrogens is 4. The van der Waals surface area contributed by atoms with Crippen molar-refractivity contribution >= 4 is 5.91 Å². The lowest BCUT2D eigenvalue weighted by Crippen LogP contribution is -2.34. The molecule has 0 bridgehead atoms. The lowest BCUT2D eigenvalue weighted by atomic mass is 9.98. The van der Waals surface area contributed by atoms with Crippen molar-refractivity contribution in [1.82, 2.24) is 24.6 Å². The Kier molecular flexibility index (Phi) is 6.77. The molecular formula is C26H33N5O2. The van der Waals surface area contributed by atoms with Crippen LogP contribution >= 0.6 is 0 Å². The predicted octanol–water partition coefficient (Wildman–Crippen LogP) is 3.47. The maximum Gasteiger partial charge on any atom is 0.254 e. The molecule has 33 heavy (non-hydrogen) atoms. The first-order valence-electron chi connectivity index (χ1n) is 11.8. The minimum Gasteiger partial charge on any atom is -0.345 e. The third kappa shape index (κ3) is 4.77. The van der Waals surface area contributed by atoms with Gasteiger partial charge >= 0.3 is 0 Å². The number of fused-ring (bicyclic) bond motifs is 1. The monoisotopic (exact) mass is 447 g/mol. The largest absolute Gasteiger partial charge is 0.345 e. The highest BCUT2D eigenvalue weighted by Crippen LogP contribution is 2.25. The van der Waals surface area contributed by atoms with E-state index in [1.54, 1.807) is 0 Å². The number of aryl methyl sites for hydroxylation is 3. The maximum atomic E-state index is 13.2. The number of rotatable bonds is 6. The van der Waals surface area contributed by atoms with Crippen molar-refractivity contribution in [1.29, 1.82) is 0 Å². The number of H-pyrrole nitrogens is 1. The zero-order chi connectivity index (χ0) is 23.5. The summed E-state index contributed by atoms with van der Waals surface area (Å²) in [5, 5.41) is 4.59. The van der Waals surface area contributed by atoms with Crippen LogP contribution < -0.4 is 5.56 Å². The van der Waals surface area contributed by atoms with Crippen LogP contribution in [-0.4, -0.2) is 44.1 Å². The van der Waals surface area contributed by atoms with Gasteiger partial charge in [-0.25, -0.2) is 4.98 Å². The van der Waals surface area contributed by atoms with Gasteiger partial charge in [-0.1, -0.05) is 30.3 Å². The molecule has 2 heterocycles. The highest BCUT2D eigenvalue weighted by Gasteiger charge is 2.27. The summed E-state index contributed by atoms with van der Waals surface area (Å²) in [7, 11) is 1.88. The Morgan fingerprint density at radius 1 is 1.18 bits per heavy atom. The highest BCUT2D eigenvalue weighted by atomic mass is 16.2. The van der Waals surface area contributed by atoms with Crippen molar-refractivity contribution in [2.45, 2.75) is 59.4 Å². The van der Waals surface area contributed by atoms with E-state index in [4.69, 9.17) is 4.98 Å². The Balaban J connectivity index is 1.43. The van der Waals surface area contributed by atoms with Gasteiger partial charge in [0.25, 0.3) is 5.56 Å². The Morgan fingerprint density at radius 2 is 1.91 bits per heavy atom. The van der Waals surface area contributed by atoms with Crippen LogP contribution in [0.5, 0.6) is 0 Å². The van der Waals surface area contributed by atoms with Gasteiger partial charge in [-0.15, -0.1) is 0 Å². The first-order valence-corrected chi connectivity index (χ1v) is 11.8. The number of nitrogens with one attached hydrogen (secondary N) is 1. The van der Waals surface area contributed by atoms with Gasteiger partial charge in [0.15, 0.2) is 0 Å². The van der Waals surface area contributed by atoms with E-state index in [2.05, 4.69) is 23.9 Å². The van der Waals surface area contributed by atoms with Crippen molar-refractivity contribution < 1.29 is 4.79 Å². The first-order chi connectivity index (χ1) is 15.9. The van der Waals surface area contributed by atoms with E-state index < -0.39 is 0 Å². The summed E-state index contributed by atoms with van der Waals surface area (Å²) >= 11 is 0. The lowest BCUT2D eigenvalue weighted by Gasteiger charge is -2.23. The number of carbonyl (C=O) groups is 1. The average Bonchev–Trinajstić information content (AvgIpc) is 2.97. The molecule has 2 aromatic heterocycles. The average molecular weight is 448 g/mol. The van der Waals surface area contributed by atoms with Crippen molar-refractivity contribution in [3.63, 3.8) is 0 Å². The molecule has 0 aliphatic heterocycles. The molecule has 174 valence electrons. The van der Waals surface area contributed by atoms with E-state index >= 15 is 0 Å². The third-order valence-electron chi connectivity index (χ3n) is 6.87. The summed E-state index contributed by atoms with van der Waals surface area (Å²) < 4.78 is 2.02. The summed E-state index contributed by atoms with van der Waals surface area (Å²) in [6, 6.07) is 9.69. The zero-order valence-electron chi connectivity index (χ0n) is 20.0. The number of likely N-dealkylation sites (N-methyl/N-ethyl adjacent to an activating group) is 1. The number of benzene rings is 1. The van der Waals surface area contributed by atoms with Crippen LogP contribution in [0.4, 0.5) is 0 Å². The smallest absolute Gasteiger partial charge is 0.254 e. The van der Waals surface area contributed by atoms with E-state index in [1.807, 2.05) is 53.9 Å². The molecule has 1 N–H and O–H groups in total. The van der Waals surface area contributed by atoms with Gasteiger partial charge in [-0.2, -0.15) is 5.10 Å². The molecule has 0 radical (unpaired) electrons.